The van der Waals surface area contributed by atoms with E-state index in [1.165, 1.54) is 65.5 Å². The van der Waals surface area contributed by atoms with Gasteiger partial charge in [0.15, 0.2) is 5.82 Å². The van der Waals surface area contributed by atoms with E-state index in [0.29, 0.717) is 0 Å². The standard InChI is InChI=1S/C46H36N2/c1-4-13-34(14-5-1)43-31-44(35-15-6-2-7-16-35)48-45(47-43)38-18-12-17-36(29-38)32-21-23-33(24-22-32)37-25-26-42-40(30-37)39-19-8-9-20-41(39)46(42)27-10-3-11-28-46/h1-2,4-9,12-26,29-31H,3,10-11,27-28H2. The van der Waals surface area contributed by atoms with Crippen LogP contribution in [0.4, 0.5) is 0 Å². The molecular formula is C46H36N2. The second-order valence-corrected chi connectivity index (χ2v) is 13.3. The minimum atomic E-state index is 0.198. The molecule has 0 bridgehead atoms. The zero-order chi connectivity index (χ0) is 31.9. The zero-order valence-electron chi connectivity index (χ0n) is 26.9. The Hall–Kier alpha value is -5.60. The lowest BCUT2D eigenvalue weighted by Crippen LogP contribution is -2.27. The third kappa shape index (κ3) is 4.96. The Balaban J connectivity index is 1.05. The summed E-state index contributed by atoms with van der Waals surface area (Å²) in [5.74, 6) is 0.725. The Morgan fingerprint density at radius 3 is 1.54 bits per heavy atom. The van der Waals surface area contributed by atoms with Crippen LogP contribution >= 0.6 is 0 Å². The molecule has 2 nitrogen and oxygen atoms in total. The molecule has 48 heavy (non-hydrogen) atoms. The fraction of sp³-hybridized carbons (Fsp3) is 0.130. The molecule has 1 saturated carbocycles. The first-order valence-corrected chi connectivity index (χ1v) is 17.2. The first-order chi connectivity index (χ1) is 23.7. The number of nitrogens with zero attached hydrogens (tertiary/aromatic N) is 2. The van der Waals surface area contributed by atoms with E-state index in [4.69, 9.17) is 9.97 Å². The van der Waals surface area contributed by atoms with Crippen molar-refractivity contribution in [3.05, 3.63) is 169 Å². The van der Waals surface area contributed by atoms with Crippen molar-refractivity contribution in [2.24, 2.45) is 0 Å². The molecule has 0 unspecified atom stereocenters. The van der Waals surface area contributed by atoms with E-state index in [1.807, 2.05) is 12.1 Å². The van der Waals surface area contributed by atoms with Crippen LogP contribution in [0.3, 0.4) is 0 Å². The molecule has 0 saturated heterocycles. The van der Waals surface area contributed by atoms with Gasteiger partial charge in [-0.15, -0.1) is 0 Å². The largest absolute Gasteiger partial charge is 0.228 e. The summed E-state index contributed by atoms with van der Waals surface area (Å²) in [5.41, 5.74) is 16.0. The van der Waals surface area contributed by atoms with E-state index in [0.717, 1.165) is 39.5 Å². The van der Waals surface area contributed by atoms with Crippen LogP contribution in [-0.2, 0) is 5.41 Å². The van der Waals surface area contributed by atoms with E-state index in [1.54, 1.807) is 5.56 Å². The van der Waals surface area contributed by atoms with Crippen LogP contribution < -0.4 is 0 Å². The van der Waals surface area contributed by atoms with Gasteiger partial charge >= 0.3 is 0 Å². The Labute approximate surface area is 282 Å². The summed E-state index contributed by atoms with van der Waals surface area (Å²) in [7, 11) is 0. The van der Waals surface area contributed by atoms with Crippen LogP contribution in [0.2, 0.25) is 0 Å². The molecule has 0 radical (unpaired) electrons. The maximum Gasteiger partial charge on any atom is 0.160 e. The maximum absolute atomic E-state index is 5.05. The molecule has 0 N–H and O–H groups in total. The summed E-state index contributed by atoms with van der Waals surface area (Å²) in [4.78, 5) is 10.1. The molecule has 230 valence electrons. The van der Waals surface area contributed by atoms with Crippen LogP contribution in [0, 0.1) is 0 Å². The Bertz CT molecular complexity index is 2190. The molecule has 2 aliphatic rings. The molecule has 2 heteroatoms. The average molecular weight is 617 g/mol. The maximum atomic E-state index is 5.05. The molecule has 0 atom stereocenters. The molecule has 7 aromatic rings. The van der Waals surface area contributed by atoms with E-state index >= 15 is 0 Å². The molecule has 6 aromatic carbocycles. The first-order valence-electron chi connectivity index (χ1n) is 17.2. The zero-order valence-corrected chi connectivity index (χ0v) is 26.9. The fourth-order valence-electron chi connectivity index (χ4n) is 8.12. The van der Waals surface area contributed by atoms with Crippen molar-refractivity contribution in [1.82, 2.24) is 9.97 Å². The molecule has 0 amide bonds. The monoisotopic (exact) mass is 616 g/mol. The third-order valence-corrected chi connectivity index (χ3v) is 10.5. The van der Waals surface area contributed by atoms with Gasteiger partial charge < -0.3 is 0 Å². The van der Waals surface area contributed by atoms with E-state index < -0.39 is 0 Å². The van der Waals surface area contributed by atoms with Crippen LogP contribution in [0.5, 0.6) is 0 Å². The number of aromatic nitrogens is 2. The predicted molar refractivity (Wildman–Crippen MR) is 199 cm³/mol. The highest BCUT2D eigenvalue weighted by Crippen LogP contribution is 2.56. The first kappa shape index (κ1) is 28.6. The van der Waals surface area contributed by atoms with Gasteiger partial charge in [-0.2, -0.15) is 0 Å². The molecule has 1 spiro atoms. The summed E-state index contributed by atoms with van der Waals surface area (Å²) in [5, 5.41) is 0. The second-order valence-electron chi connectivity index (χ2n) is 13.3. The Morgan fingerprint density at radius 2 is 0.875 bits per heavy atom. The quantitative estimate of drug-likeness (QED) is 0.192. The van der Waals surface area contributed by atoms with Crippen LogP contribution in [0.15, 0.2) is 158 Å². The Morgan fingerprint density at radius 1 is 0.354 bits per heavy atom. The number of rotatable bonds is 5. The molecule has 1 fully saturated rings. The highest BCUT2D eigenvalue weighted by Gasteiger charge is 2.43. The topological polar surface area (TPSA) is 25.8 Å². The minimum absolute atomic E-state index is 0.198. The van der Waals surface area contributed by atoms with Gasteiger partial charge in [0.1, 0.15) is 0 Å². The van der Waals surface area contributed by atoms with Gasteiger partial charge in [-0.25, -0.2) is 9.97 Å². The molecule has 1 heterocycles. The molecule has 1 aromatic heterocycles. The summed E-state index contributed by atoms with van der Waals surface area (Å²) >= 11 is 0. The second kappa shape index (κ2) is 11.9. The van der Waals surface area contributed by atoms with Gasteiger partial charge in [-0.1, -0.05) is 159 Å². The van der Waals surface area contributed by atoms with Gasteiger partial charge in [-0.3, -0.25) is 0 Å². The number of hydrogen-bond acceptors (Lipinski definition) is 2. The van der Waals surface area contributed by atoms with Crippen molar-refractivity contribution in [1.29, 1.82) is 0 Å². The van der Waals surface area contributed by atoms with Gasteiger partial charge in [0.25, 0.3) is 0 Å². The highest BCUT2D eigenvalue weighted by atomic mass is 14.9. The van der Waals surface area contributed by atoms with Crippen molar-refractivity contribution >= 4 is 0 Å². The fourth-order valence-corrected chi connectivity index (χ4v) is 8.12. The van der Waals surface area contributed by atoms with Crippen molar-refractivity contribution in [2.45, 2.75) is 37.5 Å². The lowest BCUT2D eigenvalue weighted by Gasteiger charge is -2.36. The summed E-state index contributed by atoms with van der Waals surface area (Å²) in [6.45, 7) is 0. The molecule has 9 rings (SSSR count). The number of hydrogen-bond donors (Lipinski definition) is 0. The summed E-state index contributed by atoms with van der Waals surface area (Å²) in [6, 6.07) is 56.8. The number of fused-ring (bicyclic) bond motifs is 5. The SMILES string of the molecule is c1ccc(-c2cc(-c3ccccc3)nc(-c3cccc(-c4ccc(-c5ccc6c(c5)-c5ccccc5C65CCCCC5)cc4)c3)n2)cc1. The molecule has 0 aliphatic heterocycles. The predicted octanol–water partition coefficient (Wildman–Crippen LogP) is 12.0. The van der Waals surface area contributed by atoms with Gasteiger partial charge in [0.2, 0.25) is 0 Å². The van der Waals surface area contributed by atoms with Crippen molar-refractivity contribution in [3.63, 3.8) is 0 Å². The normalized spacial score (nSPS) is 14.4. The summed E-state index contributed by atoms with van der Waals surface area (Å²) < 4.78 is 0. The van der Waals surface area contributed by atoms with Crippen molar-refractivity contribution in [3.8, 4) is 67.3 Å². The lowest BCUT2D eigenvalue weighted by molar-refractivity contribution is 0.353. The van der Waals surface area contributed by atoms with Crippen LogP contribution in [0.1, 0.15) is 43.2 Å². The smallest absolute Gasteiger partial charge is 0.160 e. The van der Waals surface area contributed by atoms with Gasteiger partial charge in [0.05, 0.1) is 11.4 Å². The van der Waals surface area contributed by atoms with Gasteiger partial charge in [0, 0.05) is 22.1 Å². The van der Waals surface area contributed by atoms with Crippen LogP contribution in [0.25, 0.3) is 67.3 Å². The number of benzene rings is 6. The Kier molecular flexibility index (Phi) is 7.08. The van der Waals surface area contributed by atoms with Crippen molar-refractivity contribution in [2.75, 3.05) is 0 Å². The van der Waals surface area contributed by atoms with Gasteiger partial charge in [-0.05, 0) is 75.5 Å². The van der Waals surface area contributed by atoms with E-state index in [2.05, 4.69) is 146 Å². The van der Waals surface area contributed by atoms with E-state index in [9.17, 15) is 0 Å². The summed E-state index contributed by atoms with van der Waals surface area (Å²) in [6.07, 6.45) is 6.51. The molecule has 2 aliphatic carbocycles. The average Bonchev–Trinajstić information content (AvgIpc) is 3.43. The van der Waals surface area contributed by atoms with Crippen LogP contribution in [-0.4, -0.2) is 9.97 Å². The lowest BCUT2D eigenvalue weighted by atomic mass is 9.68. The van der Waals surface area contributed by atoms with E-state index in [-0.39, 0.29) is 5.41 Å². The third-order valence-electron chi connectivity index (χ3n) is 10.5. The minimum Gasteiger partial charge on any atom is -0.228 e. The van der Waals surface area contributed by atoms with Crippen molar-refractivity contribution < 1.29 is 0 Å². The highest BCUT2D eigenvalue weighted by molar-refractivity contribution is 5.85. The molecular weight excluding hydrogens is 581 g/mol.